The molecular formula is C8H10BFO2. The molecule has 0 unspecified atom stereocenters. The van der Waals surface area contributed by atoms with E-state index in [9.17, 15) is 4.39 Å². The summed E-state index contributed by atoms with van der Waals surface area (Å²) < 4.78 is 13.0. The van der Waals surface area contributed by atoms with Crippen molar-refractivity contribution >= 4 is 12.6 Å². The molecule has 2 nitrogen and oxygen atoms in total. The Bertz CT molecular complexity index is 299. The fraction of sp³-hybridized carbons (Fsp3) is 0.250. The molecule has 1 rings (SSSR count). The molecule has 0 fully saturated rings. The second-order valence-electron chi connectivity index (χ2n) is 2.83. The molecule has 4 heteroatoms. The third-order valence-corrected chi connectivity index (χ3v) is 1.81. The minimum Gasteiger partial charge on any atom is -0.423 e. The van der Waals surface area contributed by atoms with Gasteiger partial charge in [-0.05, 0) is 36.5 Å². The maximum atomic E-state index is 13.0. The minimum atomic E-state index is -1.60. The van der Waals surface area contributed by atoms with Gasteiger partial charge in [-0.1, -0.05) is 6.07 Å². The van der Waals surface area contributed by atoms with Crippen molar-refractivity contribution in [1.29, 1.82) is 0 Å². The number of halogens is 1. The van der Waals surface area contributed by atoms with Gasteiger partial charge in [0.15, 0.2) is 0 Å². The van der Waals surface area contributed by atoms with Crippen LogP contribution in [0, 0.1) is 19.7 Å². The predicted octanol–water partition coefficient (Wildman–Crippen LogP) is 0.122. The van der Waals surface area contributed by atoms with E-state index in [1.807, 2.05) is 0 Å². The van der Waals surface area contributed by atoms with E-state index < -0.39 is 12.9 Å². The summed E-state index contributed by atoms with van der Waals surface area (Å²) in [7, 11) is -1.60. The van der Waals surface area contributed by atoms with Crippen molar-refractivity contribution in [2.24, 2.45) is 0 Å². The van der Waals surface area contributed by atoms with Crippen LogP contribution in [0.2, 0.25) is 0 Å². The largest absolute Gasteiger partial charge is 0.488 e. The van der Waals surface area contributed by atoms with Crippen LogP contribution in [-0.4, -0.2) is 17.2 Å². The Morgan fingerprint density at radius 1 is 1.25 bits per heavy atom. The zero-order valence-electron chi connectivity index (χ0n) is 7.00. The monoisotopic (exact) mass is 168 g/mol. The average Bonchev–Trinajstić information content (AvgIpc) is 1.96. The van der Waals surface area contributed by atoms with Crippen LogP contribution >= 0.6 is 0 Å². The summed E-state index contributed by atoms with van der Waals surface area (Å²) in [4.78, 5) is 0. The van der Waals surface area contributed by atoms with E-state index in [0.717, 1.165) is 0 Å². The van der Waals surface area contributed by atoms with E-state index >= 15 is 0 Å². The highest BCUT2D eigenvalue weighted by Gasteiger charge is 2.16. The fourth-order valence-corrected chi connectivity index (χ4v) is 1.11. The molecular weight excluding hydrogens is 158 g/mol. The molecule has 0 atom stereocenters. The van der Waals surface area contributed by atoms with E-state index in [2.05, 4.69) is 0 Å². The van der Waals surface area contributed by atoms with Gasteiger partial charge in [0.05, 0.1) is 0 Å². The van der Waals surface area contributed by atoms with Gasteiger partial charge in [0, 0.05) is 0 Å². The minimum absolute atomic E-state index is 0.229. The third kappa shape index (κ3) is 1.65. The van der Waals surface area contributed by atoms with Crippen molar-refractivity contribution in [2.45, 2.75) is 13.8 Å². The van der Waals surface area contributed by atoms with Crippen molar-refractivity contribution < 1.29 is 14.4 Å². The average molecular weight is 168 g/mol. The number of aryl methyl sites for hydroxylation is 1. The number of rotatable bonds is 1. The first-order valence-electron chi connectivity index (χ1n) is 3.65. The molecule has 1 aromatic carbocycles. The van der Waals surface area contributed by atoms with E-state index in [1.165, 1.54) is 13.0 Å². The topological polar surface area (TPSA) is 40.5 Å². The molecule has 0 saturated heterocycles. The second-order valence-corrected chi connectivity index (χ2v) is 2.83. The lowest BCUT2D eigenvalue weighted by Gasteiger charge is -2.06. The van der Waals surface area contributed by atoms with Gasteiger partial charge >= 0.3 is 7.12 Å². The summed E-state index contributed by atoms with van der Waals surface area (Å²) in [6.45, 7) is 3.22. The Kier molecular flexibility index (Phi) is 2.50. The van der Waals surface area contributed by atoms with Crippen LogP contribution in [0.15, 0.2) is 12.1 Å². The summed E-state index contributed by atoms with van der Waals surface area (Å²) in [5.74, 6) is -0.405. The molecule has 0 heterocycles. The normalized spacial score (nSPS) is 10.1. The van der Waals surface area contributed by atoms with Crippen LogP contribution in [-0.2, 0) is 0 Å². The molecule has 0 aliphatic heterocycles. The molecule has 0 spiro atoms. The van der Waals surface area contributed by atoms with Crippen molar-refractivity contribution in [3.05, 3.63) is 29.1 Å². The van der Waals surface area contributed by atoms with E-state index in [0.29, 0.717) is 5.56 Å². The van der Waals surface area contributed by atoms with Gasteiger partial charge in [-0.3, -0.25) is 0 Å². The van der Waals surface area contributed by atoms with Gasteiger partial charge in [0.25, 0.3) is 0 Å². The van der Waals surface area contributed by atoms with E-state index in [4.69, 9.17) is 10.0 Å². The number of benzene rings is 1. The zero-order valence-corrected chi connectivity index (χ0v) is 7.00. The Balaban J connectivity index is 3.28. The van der Waals surface area contributed by atoms with E-state index in [1.54, 1.807) is 13.0 Å². The lowest BCUT2D eigenvalue weighted by Crippen LogP contribution is -2.33. The standard InChI is InChI=1S/C8H10BFO2/c1-5-3-7(9(11)12)6(2)8(10)4-5/h3-4,11-12H,1-2H3. The van der Waals surface area contributed by atoms with Gasteiger partial charge in [-0.25, -0.2) is 4.39 Å². The van der Waals surface area contributed by atoms with Gasteiger partial charge < -0.3 is 10.0 Å². The van der Waals surface area contributed by atoms with Crippen molar-refractivity contribution in [3.8, 4) is 0 Å². The first-order chi connectivity index (χ1) is 5.52. The summed E-state index contributed by atoms with van der Waals surface area (Å²) in [6.07, 6.45) is 0. The third-order valence-electron chi connectivity index (χ3n) is 1.81. The molecule has 0 amide bonds. The summed E-state index contributed by atoms with van der Waals surface area (Å²) in [5, 5.41) is 17.7. The quantitative estimate of drug-likeness (QED) is 0.584. The Morgan fingerprint density at radius 3 is 2.33 bits per heavy atom. The van der Waals surface area contributed by atoms with Gasteiger partial charge in [0.1, 0.15) is 5.82 Å². The molecule has 0 saturated carbocycles. The molecule has 1 aromatic rings. The summed E-state index contributed by atoms with van der Waals surface area (Å²) in [6, 6.07) is 2.92. The maximum Gasteiger partial charge on any atom is 0.488 e. The Labute approximate surface area is 70.8 Å². The maximum absolute atomic E-state index is 13.0. The van der Waals surface area contributed by atoms with Gasteiger partial charge in [0.2, 0.25) is 0 Å². The molecule has 12 heavy (non-hydrogen) atoms. The van der Waals surface area contributed by atoms with E-state index in [-0.39, 0.29) is 11.0 Å². The van der Waals surface area contributed by atoms with Crippen molar-refractivity contribution in [3.63, 3.8) is 0 Å². The molecule has 0 aromatic heterocycles. The molecule has 0 radical (unpaired) electrons. The van der Waals surface area contributed by atoms with Crippen LogP contribution in [0.25, 0.3) is 0 Å². The Hall–Kier alpha value is -0.865. The number of hydrogen-bond acceptors (Lipinski definition) is 2. The van der Waals surface area contributed by atoms with Crippen molar-refractivity contribution in [2.75, 3.05) is 0 Å². The highest BCUT2D eigenvalue weighted by atomic mass is 19.1. The summed E-state index contributed by atoms with van der Waals surface area (Å²) >= 11 is 0. The highest BCUT2D eigenvalue weighted by Crippen LogP contribution is 2.06. The fourth-order valence-electron chi connectivity index (χ4n) is 1.11. The molecule has 0 aliphatic carbocycles. The first-order valence-corrected chi connectivity index (χ1v) is 3.65. The molecule has 64 valence electrons. The SMILES string of the molecule is Cc1cc(F)c(C)c(B(O)O)c1. The second kappa shape index (κ2) is 3.25. The molecule has 0 aliphatic rings. The molecule has 2 N–H and O–H groups in total. The lowest BCUT2D eigenvalue weighted by molar-refractivity contribution is 0.425. The predicted molar refractivity (Wildman–Crippen MR) is 45.7 cm³/mol. The summed E-state index contributed by atoms with van der Waals surface area (Å²) in [5.41, 5.74) is 1.20. The highest BCUT2D eigenvalue weighted by molar-refractivity contribution is 6.59. The zero-order chi connectivity index (χ0) is 9.30. The first kappa shape index (κ1) is 9.22. The van der Waals surface area contributed by atoms with Gasteiger partial charge in [-0.15, -0.1) is 0 Å². The van der Waals surface area contributed by atoms with Gasteiger partial charge in [-0.2, -0.15) is 0 Å². The Morgan fingerprint density at radius 2 is 1.83 bits per heavy atom. The smallest absolute Gasteiger partial charge is 0.423 e. The van der Waals surface area contributed by atoms with Crippen molar-refractivity contribution in [1.82, 2.24) is 0 Å². The van der Waals surface area contributed by atoms with Crippen LogP contribution < -0.4 is 5.46 Å². The molecule has 0 bridgehead atoms. The van der Waals surface area contributed by atoms with Crippen LogP contribution in [0.4, 0.5) is 4.39 Å². The van der Waals surface area contributed by atoms with Crippen LogP contribution in [0.5, 0.6) is 0 Å². The lowest BCUT2D eigenvalue weighted by atomic mass is 9.76. The number of hydrogen-bond donors (Lipinski definition) is 2. The van der Waals surface area contributed by atoms with Crippen LogP contribution in [0.1, 0.15) is 11.1 Å². The van der Waals surface area contributed by atoms with Crippen LogP contribution in [0.3, 0.4) is 0 Å².